The molecule has 0 saturated heterocycles. The van der Waals surface area contributed by atoms with Crippen molar-refractivity contribution in [2.24, 2.45) is 4.99 Å². The zero-order valence-electron chi connectivity index (χ0n) is 17.6. The number of amidine groups is 1. The van der Waals surface area contributed by atoms with Crippen molar-refractivity contribution in [1.29, 1.82) is 0 Å². The molecule has 0 radical (unpaired) electrons. The van der Waals surface area contributed by atoms with Crippen molar-refractivity contribution in [3.63, 3.8) is 0 Å². The van der Waals surface area contributed by atoms with Gasteiger partial charge in [0, 0.05) is 18.8 Å². The Hall–Kier alpha value is -2.61. The van der Waals surface area contributed by atoms with Gasteiger partial charge in [0.25, 0.3) is 0 Å². The third-order valence-electron chi connectivity index (χ3n) is 5.24. The third-order valence-corrected chi connectivity index (χ3v) is 6.13. The molecule has 2 heterocycles. The molecule has 2 aliphatic heterocycles. The number of aliphatic imine (C=N–C) groups is 1. The minimum absolute atomic E-state index is 0.00372. The van der Waals surface area contributed by atoms with Crippen molar-refractivity contribution in [3.8, 4) is 0 Å². The normalized spacial score (nSPS) is 18.0. The Bertz CT molecular complexity index is 937. The molecule has 1 unspecified atom stereocenters. The SMILES string of the molecule is CCC1=C(C(=O)OC)C(c2cccc(F)c2)N2C(CC(=O)N(CC)CC)=CSC2=N1. The second-order valence-electron chi connectivity index (χ2n) is 6.90. The molecule has 1 aromatic rings. The summed E-state index contributed by atoms with van der Waals surface area (Å²) in [6, 6.07) is 5.56. The van der Waals surface area contributed by atoms with Crippen LogP contribution in [-0.2, 0) is 14.3 Å². The Morgan fingerprint density at radius 2 is 2.00 bits per heavy atom. The summed E-state index contributed by atoms with van der Waals surface area (Å²) in [6.45, 7) is 7.04. The van der Waals surface area contributed by atoms with E-state index in [9.17, 15) is 14.0 Å². The van der Waals surface area contributed by atoms with Crippen LogP contribution in [0.25, 0.3) is 0 Å². The van der Waals surface area contributed by atoms with Crippen molar-refractivity contribution in [1.82, 2.24) is 9.80 Å². The van der Waals surface area contributed by atoms with Gasteiger partial charge in [-0.2, -0.15) is 0 Å². The maximum atomic E-state index is 14.1. The number of allylic oxidation sites excluding steroid dienone is 1. The molecule has 8 heteroatoms. The number of hydrogen-bond donors (Lipinski definition) is 0. The number of hydrogen-bond acceptors (Lipinski definition) is 6. The van der Waals surface area contributed by atoms with Crippen molar-refractivity contribution in [2.45, 2.75) is 39.7 Å². The fraction of sp³-hybridized carbons (Fsp3) is 0.409. The lowest BCUT2D eigenvalue weighted by atomic mass is 9.92. The van der Waals surface area contributed by atoms with Gasteiger partial charge in [-0.3, -0.25) is 4.79 Å². The first kappa shape index (κ1) is 22.1. The van der Waals surface area contributed by atoms with Gasteiger partial charge in [-0.05, 0) is 43.4 Å². The number of methoxy groups -OCH3 is 1. The summed E-state index contributed by atoms with van der Waals surface area (Å²) in [5.41, 5.74) is 2.33. The fourth-order valence-corrected chi connectivity index (χ4v) is 4.68. The van der Waals surface area contributed by atoms with Gasteiger partial charge < -0.3 is 14.5 Å². The van der Waals surface area contributed by atoms with E-state index in [0.29, 0.717) is 41.5 Å². The number of thioether (sulfide) groups is 1. The standard InChI is InChI=1S/C22H26FN3O3S/c1-5-17-19(21(28)29-4)20(14-9-8-10-15(23)11-14)26-16(13-30-22(26)24-17)12-18(27)25(6-2)7-3/h8-11,13,20H,5-7,12H2,1-4H3. The molecule has 1 aromatic carbocycles. The van der Waals surface area contributed by atoms with E-state index in [1.165, 1.54) is 31.0 Å². The van der Waals surface area contributed by atoms with Crippen LogP contribution in [0, 0.1) is 5.82 Å². The predicted molar refractivity (Wildman–Crippen MR) is 116 cm³/mol. The van der Waals surface area contributed by atoms with Gasteiger partial charge in [0.1, 0.15) is 5.82 Å². The van der Waals surface area contributed by atoms with Gasteiger partial charge in [-0.25, -0.2) is 14.2 Å². The number of benzene rings is 1. The van der Waals surface area contributed by atoms with Gasteiger partial charge in [-0.1, -0.05) is 30.8 Å². The summed E-state index contributed by atoms with van der Waals surface area (Å²) < 4.78 is 19.2. The molecule has 160 valence electrons. The Labute approximate surface area is 180 Å². The largest absolute Gasteiger partial charge is 0.466 e. The van der Waals surface area contributed by atoms with Crippen LogP contribution in [-0.4, -0.2) is 47.0 Å². The Morgan fingerprint density at radius 3 is 2.60 bits per heavy atom. The quantitative estimate of drug-likeness (QED) is 0.605. The van der Waals surface area contributed by atoms with E-state index in [0.717, 1.165) is 5.70 Å². The smallest absolute Gasteiger partial charge is 0.338 e. The number of esters is 1. The summed E-state index contributed by atoms with van der Waals surface area (Å²) >= 11 is 1.41. The number of ether oxygens (including phenoxy) is 1. The number of carbonyl (C=O) groups excluding carboxylic acids is 2. The number of halogens is 1. The molecule has 30 heavy (non-hydrogen) atoms. The molecule has 0 N–H and O–H groups in total. The average Bonchev–Trinajstić information content (AvgIpc) is 3.14. The second kappa shape index (κ2) is 9.47. The zero-order valence-corrected chi connectivity index (χ0v) is 18.5. The van der Waals surface area contributed by atoms with Crippen LogP contribution in [0.1, 0.15) is 45.2 Å². The lowest BCUT2D eigenvalue weighted by molar-refractivity contribution is -0.136. The van der Waals surface area contributed by atoms with Crippen LogP contribution in [0.5, 0.6) is 0 Å². The molecule has 0 aliphatic carbocycles. The molecule has 0 saturated carbocycles. The van der Waals surface area contributed by atoms with Crippen LogP contribution < -0.4 is 0 Å². The van der Waals surface area contributed by atoms with E-state index in [2.05, 4.69) is 4.99 Å². The van der Waals surface area contributed by atoms with Crippen LogP contribution in [0.15, 0.2) is 51.6 Å². The summed E-state index contributed by atoms with van der Waals surface area (Å²) in [6.07, 6.45) is 0.706. The first-order valence-corrected chi connectivity index (χ1v) is 10.9. The lowest BCUT2D eigenvalue weighted by Gasteiger charge is -2.37. The molecule has 0 bridgehead atoms. The zero-order chi connectivity index (χ0) is 21.8. The molecular formula is C22H26FN3O3S. The minimum Gasteiger partial charge on any atom is -0.466 e. The Morgan fingerprint density at radius 1 is 1.27 bits per heavy atom. The molecule has 1 amide bonds. The molecule has 6 nitrogen and oxygen atoms in total. The number of rotatable bonds is 7. The fourth-order valence-electron chi connectivity index (χ4n) is 3.75. The third kappa shape index (κ3) is 4.14. The Balaban J connectivity index is 2.08. The van der Waals surface area contributed by atoms with E-state index < -0.39 is 17.8 Å². The molecule has 3 rings (SSSR count). The molecule has 0 spiro atoms. The van der Waals surface area contributed by atoms with Gasteiger partial charge in [-0.15, -0.1) is 0 Å². The summed E-state index contributed by atoms with van der Waals surface area (Å²) in [5, 5.41) is 2.57. The number of fused-ring (bicyclic) bond motifs is 1. The number of nitrogens with zero attached hydrogens (tertiary/aromatic N) is 3. The van der Waals surface area contributed by atoms with E-state index in [1.807, 2.05) is 31.1 Å². The second-order valence-corrected chi connectivity index (χ2v) is 7.73. The van der Waals surface area contributed by atoms with Crippen LogP contribution in [0.3, 0.4) is 0 Å². The van der Waals surface area contributed by atoms with Crippen molar-refractivity contribution in [3.05, 3.63) is 58.0 Å². The minimum atomic E-state index is -0.610. The van der Waals surface area contributed by atoms with Gasteiger partial charge in [0.05, 0.1) is 30.8 Å². The topological polar surface area (TPSA) is 62.2 Å². The predicted octanol–water partition coefficient (Wildman–Crippen LogP) is 4.22. The molecule has 0 aromatic heterocycles. The number of carbonyl (C=O) groups is 2. The molecule has 1 atom stereocenters. The summed E-state index contributed by atoms with van der Waals surface area (Å²) in [5.74, 6) is -0.901. The number of amides is 1. The van der Waals surface area contributed by atoms with Crippen LogP contribution in [0.4, 0.5) is 4.39 Å². The van der Waals surface area contributed by atoms with Crippen molar-refractivity contribution in [2.75, 3.05) is 20.2 Å². The van der Waals surface area contributed by atoms with E-state index in [1.54, 1.807) is 17.0 Å². The lowest BCUT2D eigenvalue weighted by Crippen LogP contribution is -2.39. The van der Waals surface area contributed by atoms with E-state index in [4.69, 9.17) is 4.74 Å². The van der Waals surface area contributed by atoms with E-state index in [-0.39, 0.29) is 12.3 Å². The van der Waals surface area contributed by atoms with Crippen LogP contribution >= 0.6 is 11.8 Å². The van der Waals surface area contributed by atoms with E-state index >= 15 is 0 Å². The Kier molecular flexibility index (Phi) is 6.97. The highest BCUT2D eigenvalue weighted by molar-refractivity contribution is 8.16. The first-order valence-electron chi connectivity index (χ1n) is 10.0. The molecule has 2 aliphatic rings. The summed E-state index contributed by atoms with van der Waals surface area (Å²) in [4.78, 5) is 33.8. The van der Waals surface area contributed by atoms with Gasteiger partial charge in [0.2, 0.25) is 5.91 Å². The highest BCUT2D eigenvalue weighted by Gasteiger charge is 2.41. The molecule has 0 fully saturated rings. The highest BCUT2D eigenvalue weighted by atomic mass is 32.2. The van der Waals surface area contributed by atoms with Gasteiger partial charge in [0.15, 0.2) is 5.17 Å². The maximum absolute atomic E-state index is 14.1. The van der Waals surface area contributed by atoms with Crippen LogP contribution in [0.2, 0.25) is 0 Å². The summed E-state index contributed by atoms with van der Waals surface area (Å²) in [7, 11) is 1.32. The average molecular weight is 432 g/mol. The first-order chi connectivity index (χ1) is 14.4. The maximum Gasteiger partial charge on any atom is 0.338 e. The van der Waals surface area contributed by atoms with Crippen molar-refractivity contribution >= 4 is 28.8 Å². The van der Waals surface area contributed by atoms with Gasteiger partial charge >= 0.3 is 5.97 Å². The molecular weight excluding hydrogens is 405 g/mol. The highest BCUT2D eigenvalue weighted by Crippen LogP contribution is 2.45. The van der Waals surface area contributed by atoms with Crippen molar-refractivity contribution < 1.29 is 18.7 Å². The monoisotopic (exact) mass is 431 g/mol.